The van der Waals surface area contributed by atoms with Crippen LogP contribution in [-0.2, 0) is 21.3 Å². The topological polar surface area (TPSA) is 88.2 Å². The van der Waals surface area contributed by atoms with E-state index >= 15 is 0 Å². The molecule has 2 aromatic rings. The minimum Gasteiger partial charge on any atom is -0.497 e. The number of urea groups is 1. The maximum absolute atomic E-state index is 12.9. The Balaban J connectivity index is 1.52. The van der Waals surface area contributed by atoms with Crippen LogP contribution in [0.4, 0.5) is 10.5 Å². The second-order valence-electron chi connectivity index (χ2n) is 7.39. The maximum Gasteiger partial charge on any atom is 0.321 e. The molecule has 160 valence electrons. The second-order valence-corrected chi connectivity index (χ2v) is 9.43. The number of amides is 2. The third kappa shape index (κ3) is 4.43. The van der Waals surface area contributed by atoms with E-state index in [1.54, 1.807) is 12.0 Å². The number of anilines is 1. The van der Waals surface area contributed by atoms with E-state index in [0.717, 1.165) is 5.56 Å². The number of nitrogens with zero attached hydrogens (tertiary/aromatic N) is 2. The van der Waals surface area contributed by atoms with Crippen LogP contribution in [0.5, 0.6) is 5.75 Å². The Bertz CT molecular complexity index is 981. The van der Waals surface area contributed by atoms with Crippen molar-refractivity contribution in [3.05, 3.63) is 60.2 Å². The van der Waals surface area contributed by atoms with Gasteiger partial charge in [0.15, 0.2) is 0 Å². The fourth-order valence-electron chi connectivity index (χ4n) is 3.84. The van der Waals surface area contributed by atoms with Crippen LogP contribution < -0.4 is 10.1 Å². The van der Waals surface area contributed by atoms with Crippen LogP contribution in [0.3, 0.4) is 0 Å². The van der Waals surface area contributed by atoms with Gasteiger partial charge in [-0.3, -0.25) is 0 Å². The maximum atomic E-state index is 12.9. The SMILES string of the molecule is COc1ccc(CN2[C@@H]3CN(C(=O)Nc4ccccc4)C[C@@H]3OCCS2(=O)=O)cc1. The average Bonchev–Trinajstić information content (AvgIpc) is 3.12. The third-order valence-electron chi connectivity index (χ3n) is 5.45. The van der Waals surface area contributed by atoms with E-state index in [1.165, 1.54) is 4.31 Å². The lowest BCUT2D eigenvalue weighted by atomic mass is 10.1. The van der Waals surface area contributed by atoms with Crippen molar-refractivity contribution in [2.24, 2.45) is 0 Å². The molecule has 2 saturated heterocycles. The molecule has 0 aromatic heterocycles. The van der Waals surface area contributed by atoms with E-state index in [-0.39, 0.29) is 37.6 Å². The summed E-state index contributed by atoms with van der Waals surface area (Å²) in [6, 6.07) is 15.8. The Hall–Kier alpha value is -2.62. The summed E-state index contributed by atoms with van der Waals surface area (Å²) in [6.45, 7) is 0.971. The van der Waals surface area contributed by atoms with Gasteiger partial charge in [-0.05, 0) is 29.8 Å². The van der Waals surface area contributed by atoms with Gasteiger partial charge >= 0.3 is 6.03 Å². The smallest absolute Gasteiger partial charge is 0.321 e. The molecule has 1 N–H and O–H groups in total. The Morgan fingerprint density at radius 3 is 2.57 bits per heavy atom. The summed E-state index contributed by atoms with van der Waals surface area (Å²) in [5.74, 6) is 0.648. The van der Waals surface area contributed by atoms with Crippen molar-refractivity contribution in [3.63, 3.8) is 0 Å². The van der Waals surface area contributed by atoms with Gasteiger partial charge in [0.25, 0.3) is 0 Å². The summed E-state index contributed by atoms with van der Waals surface area (Å²) in [5.41, 5.74) is 1.55. The predicted octanol–water partition coefficient (Wildman–Crippen LogP) is 2.14. The standard InChI is InChI=1S/C21H25N3O5S/c1-28-18-9-7-16(8-10-18)13-24-19-14-23(15-20(19)29-11-12-30(24,26)27)21(25)22-17-5-3-2-4-6-17/h2-10,19-20H,11-15H2,1H3,(H,22,25)/t19-,20+/m1/s1. The first kappa shape index (κ1) is 20.6. The minimum absolute atomic E-state index is 0.0631. The first-order chi connectivity index (χ1) is 14.5. The number of carbonyl (C=O) groups excluding carboxylic acids is 1. The number of carbonyl (C=O) groups is 1. The quantitative estimate of drug-likeness (QED) is 0.801. The molecule has 0 spiro atoms. The summed E-state index contributed by atoms with van der Waals surface area (Å²) in [7, 11) is -1.93. The van der Waals surface area contributed by atoms with Crippen molar-refractivity contribution >= 4 is 21.7 Å². The molecule has 30 heavy (non-hydrogen) atoms. The number of hydrogen-bond donors (Lipinski definition) is 1. The summed E-state index contributed by atoms with van der Waals surface area (Å²) in [5, 5.41) is 2.86. The van der Waals surface area contributed by atoms with Gasteiger partial charge in [0.1, 0.15) is 5.75 Å². The van der Waals surface area contributed by atoms with Gasteiger partial charge in [-0.2, -0.15) is 4.31 Å². The van der Waals surface area contributed by atoms with Gasteiger partial charge in [0, 0.05) is 18.8 Å². The molecule has 0 radical (unpaired) electrons. The zero-order valence-electron chi connectivity index (χ0n) is 16.7. The van der Waals surface area contributed by atoms with Crippen LogP contribution in [-0.4, -0.2) is 68.4 Å². The number of benzene rings is 2. The van der Waals surface area contributed by atoms with E-state index in [1.807, 2.05) is 54.6 Å². The summed E-state index contributed by atoms with van der Waals surface area (Å²) in [6.07, 6.45) is -0.359. The molecule has 0 saturated carbocycles. The summed E-state index contributed by atoms with van der Waals surface area (Å²) in [4.78, 5) is 14.3. The van der Waals surface area contributed by atoms with Gasteiger partial charge in [-0.15, -0.1) is 0 Å². The largest absolute Gasteiger partial charge is 0.497 e. The highest BCUT2D eigenvalue weighted by Gasteiger charge is 2.45. The minimum atomic E-state index is -3.52. The number of likely N-dealkylation sites (tertiary alicyclic amines) is 1. The Morgan fingerprint density at radius 1 is 1.13 bits per heavy atom. The van der Waals surface area contributed by atoms with Gasteiger partial charge in [0.2, 0.25) is 10.0 Å². The normalized spacial score (nSPS) is 23.4. The molecule has 2 fully saturated rings. The first-order valence-corrected chi connectivity index (χ1v) is 11.4. The van der Waals surface area contributed by atoms with Crippen molar-refractivity contribution < 1.29 is 22.7 Å². The number of hydrogen-bond acceptors (Lipinski definition) is 5. The molecule has 9 heteroatoms. The number of methoxy groups -OCH3 is 1. The molecule has 0 bridgehead atoms. The summed E-state index contributed by atoms with van der Waals surface area (Å²) >= 11 is 0. The van der Waals surface area contributed by atoms with E-state index < -0.39 is 16.1 Å². The van der Waals surface area contributed by atoms with Gasteiger partial charge < -0.3 is 19.7 Å². The third-order valence-corrected chi connectivity index (χ3v) is 7.24. The van der Waals surface area contributed by atoms with Crippen molar-refractivity contribution in [1.29, 1.82) is 0 Å². The molecular weight excluding hydrogens is 406 g/mol. The van der Waals surface area contributed by atoms with E-state index in [0.29, 0.717) is 18.0 Å². The average molecular weight is 432 g/mol. The molecule has 2 heterocycles. The lowest BCUT2D eigenvalue weighted by Gasteiger charge is -2.28. The van der Waals surface area contributed by atoms with Crippen LogP contribution in [0.25, 0.3) is 0 Å². The monoisotopic (exact) mass is 431 g/mol. The zero-order chi connectivity index (χ0) is 21.1. The highest BCUT2D eigenvalue weighted by atomic mass is 32.2. The Labute approximate surface area is 176 Å². The molecule has 4 rings (SSSR count). The van der Waals surface area contributed by atoms with E-state index in [4.69, 9.17) is 9.47 Å². The molecule has 8 nitrogen and oxygen atoms in total. The van der Waals surface area contributed by atoms with Gasteiger partial charge in [-0.25, -0.2) is 13.2 Å². The van der Waals surface area contributed by atoms with Crippen molar-refractivity contribution in [3.8, 4) is 5.75 Å². The zero-order valence-corrected chi connectivity index (χ0v) is 17.5. The summed E-state index contributed by atoms with van der Waals surface area (Å²) < 4.78 is 38.4. The molecule has 2 aliphatic heterocycles. The van der Waals surface area contributed by atoms with Crippen LogP contribution in [0, 0.1) is 0 Å². The first-order valence-electron chi connectivity index (χ1n) is 9.81. The molecule has 2 aliphatic rings. The van der Waals surface area contributed by atoms with Crippen LogP contribution in [0.1, 0.15) is 5.56 Å². The number of para-hydroxylation sites is 1. The molecular formula is C21H25N3O5S. The number of sulfonamides is 1. The van der Waals surface area contributed by atoms with Crippen LogP contribution in [0.2, 0.25) is 0 Å². The Kier molecular flexibility index (Phi) is 5.94. The Morgan fingerprint density at radius 2 is 1.87 bits per heavy atom. The van der Waals surface area contributed by atoms with Gasteiger partial charge in [-0.1, -0.05) is 30.3 Å². The fourth-order valence-corrected chi connectivity index (χ4v) is 5.34. The molecule has 2 aromatic carbocycles. The van der Waals surface area contributed by atoms with Gasteiger partial charge in [0.05, 0.1) is 38.2 Å². The van der Waals surface area contributed by atoms with Crippen molar-refractivity contribution in [1.82, 2.24) is 9.21 Å². The highest BCUT2D eigenvalue weighted by molar-refractivity contribution is 7.89. The number of fused-ring (bicyclic) bond motifs is 1. The number of rotatable bonds is 4. The van der Waals surface area contributed by atoms with Crippen LogP contribution >= 0.6 is 0 Å². The van der Waals surface area contributed by atoms with Crippen molar-refractivity contribution in [2.75, 3.05) is 37.9 Å². The molecule has 0 unspecified atom stereocenters. The number of ether oxygens (including phenoxy) is 2. The lowest BCUT2D eigenvalue weighted by molar-refractivity contribution is 0.0472. The highest BCUT2D eigenvalue weighted by Crippen LogP contribution is 2.28. The predicted molar refractivity (Wildman–Crippen MR) is 113 cm³/mol. The van der Waals surface area contributed by atoms with E-state index in [2.05, 4.69) is 5.32 Å². The molecule has 2 amide bonds. The second kappa shape index (κ2) is 8.63. The molecule has 2 atom stereocenters. The molecule has 0 aliphatic carbocycles. The van der Waals surface area contributed by atoms with E-state index in [9.17, 15) is 13.2 Å². The fraction of sp³-hybridized carbons (Fsp3) is 0.381. The number of nitrogens with one attached hydrogen (secondary N) is 1. The van der Waals surface area contributed by atoms with Crippen molar-refractivity contribution in [2.45, 2.75) is 18.7 Å². The lowest BCUT2D eigenvalue weighted by Crippen LogP contribution is -2.45. The van der Waals surface area contributed by atoms with Crippen LogP contribution in [0.15, 0.2) is 54.6 Å².